The van der Waals surface area contributed by atoms with E-state index in [0.29, 0.717) is 23.9 Å². The molecular weight excluding hydrogens is 278 g/mol. The number of benzene rings is 1. The van der Waals surface area contributed by atoms with Gasteiger partial charge in [-0.1, -0.05) is 17.7 Å². The molecule has 0 bridgehead atoms. The van der Waals surface area contributed by atoms with Crippen molar-refractivity contribution in [1.29, 1.82) is 0 Å². The van der Waals surface area contributed by atoms with Gasteiger partial charge in [-0.05, 0) is 39.0 Å². The average molecular weight is 298 g/mol. The lowest BCUT2D eigenvalue weighted by molar-refractivity contribution is -0.149. The smallest absolute Gasteiger partial charge is 0.263 e. The Morgan fingerprint density at radius 2 is 2.05 bits per heavy atom. The quantitative estimate of drug-likeness (QED) is 0.861. The minimum absolute atomic E-state index is 0.0213. The number of halogens is 1. The molecule has 0 saturated carbocycles. The molecule has 4 nitrogen and oxygen atoms in total. The van der Waals surface area contributed by atoms with E-state index in [4.69, 9.17) is 21.1 Å². The average Bonchev–Trinajstić information content (AvgIpc) is 2.36. The maximum absolute atomic E-state index is 12.4. The lowest BCUT2D eigenvalue weighted by Gasteiger charge is -2.36. The highest BCUT2D eigenvalue weighted by molar-refractivity contribution is 6.30. The van der Waals surface area contributed by atoms with Gasteiger partial charge in [-0.3, -0.25) is 4.79 Å². The molecule has 1 fully saturated rings. The first-order chi connectivity index (χ1) is 9.45. The second-order valence-electron chi connectivity index (χ2n) is 5.22. The largest absolute Gasteiger partial charge is 0.481 e. The molecule has 3 atom stereocenters. The van der Waals surface area contributed by atoms with Gasteiger partial charge in [0.05, 0.1) is 12.2 Å². The summed E-state index contributed by atoms with van der Waals surface area (Å²) in [7, 11) is 0. The Bertz CT molecular complexity index is 470. The molecule has 1 aliphatic heterocycles. The molecule has 1 amide bonds. The van der Waals surface area contributed by atoms with E-state index in [2.05, 4.69) is 0 Å². The van der Waals surface area contributed by atoms with Crippen LogP contribution < -0.4 is 4.74 Å². The standard InChI is InChI=1S/C15H20ClNO3/c1-10-8-17(9-11(2)19-10)15(18)12(3)20-14-6-4-5-13(16)7-14/h4-7,10-12H,8-9H2,1-3H3. The third-order valence-electron chi connectivity index (χ3n) is 3.19. The van der Waals surface area contributed by atoms with Crippen LogP contribution in [0.3, 0.4) is 0 Å². The molecule has 0 aromatic heterocycles. The molecule has 1 aromatic carbocycles. The zero-order valence-corrected chi connectivity index (χ0v) is 12.8. The van der Waals surface area contributed by atoms with Crippen LogP contribution in [-0.2, 0) is 9.53 Å². The molecule has 1 saturated heterocycles. The normalized spacial score (nSPS) is 24.3. The topological polar surface area (TPSA) is 38.8 Å². The van der Waals surface area contributed by atoms with Crippen LogP contribution >= 0.6 is 11.6 Å². The summed E-state index contributed by atoms with van der Waals surface area (Å²) >= 11 is 5.90. The lowest BCUT2D eigenvalue weighted by atomic mass is 10.2. The van der Waals surface area contributed by atoms with Crippen LogP contribution in [0.25, 0.3) is 0 Å². The first-order valence-corrected chi connectivity index (χ1v) is 7.20. The Morgan fingerprint density at radius 3 is 2.65 bits per heavy atom. The van der Waals surface area contributed by atoms with Gasteiger partial charge in [-0.25, -0.2) is 0 Å². The van der Waals surface area contributed by atoms with Gasteiger partial charge in [0, 0.05) is 18.1 Å². The van der Waals surface area contributed by atoms with Gasteiger partial charge >= 0.3 is 0 Å². The van der Waals surface area contributed by atoms with E-state index in [1.54, 1.807) is 36.1 Å². The molecule has 2 rings (SSSR count). The number of morpholine rings is 1. The van der Waals surface area contributed by atoms with Crippen molar-refractivity contribution in [1.82, 2.24) is 4.90 Å². The molecule has 0 radical (unpaired) electrons. The van der Waals surface area contributed by atoms with E-state index in [1.165, 1.54) is 0 Å². The molecule has 5 heteroatoms. The summed E-state index contributed by atoms with van der Waals surface area (Å²) in [4.78, 5) is 14.2. The fourth-order valence-electron chi connectivity index (χ4n) is 2.41. The van der Waals surface area contributed by atoms with E-state index >= 15 is 0 Å². The molecule has 20 heavy (non-hydrogen) atoms. The predicted molar refractivity (Wildman–Crippen MR) is 78.1 cm³/mol. The van der Waals surface area contributed by atoms with Crippen molar-refractivity contribution in [2.45, 2.75) is 39.1 Å². The van der Waals surface area contributed by atoms with Crippen LogP contribution in [0, 0.1) is 0 Å². The minimum atomic E-state index is -0.536. The van der Waals surface area contributed by atoms with Gasteiger partial charge in [0.15, 0.2) is 6.10 Å². The van der Waals surface area contributed by atoms with Crippen LogP contribution in [-0.4, -0.2) is 42.2 Å². The monoisotopic (exact) mass is 297 g/mol. The molecule has 110 valence electrons. The molecule has 1 aliphatic rings. The Balaban J connectivity index is 1.98. The maximum atomic E-state index is 12.4. The first kappa shape index (κ1) is 15.1. The highest BCUT2D eigenvalue weighted by Gasteiger charge is 2.29. The van der Waals surface area contributed by atoms with Crippen molar-refractivity contribution in [3.63, 3.8) is 0 Å². The number of nitrogens with zero attached hydrogens (tertiary/aromatic N) is 1. The Labute approximate surface area is 124 Å². The van der Waals surface area contributed by atoms with Crippen molar-refractivity contribution in [2.75, 3.05) is 13.1 Å². The highest BCUT2D eigenvalue weighted by Crippen LogP contribution is 2.19. The SMILES string of the molecule is CC1CN(C(=O)C(C)Oc2cccc(Cl)c2)CC(C)O1. The summed E-state index contributed by atoms with van der Waals surface area (Å²) in [5, 5.41) is 0.593. The van der Waals surface area contributed by atoms with Gasteiger partial charge in [0.25, 0.3) is 5.91 Å². The van der Waals surface area contributed by atoms with Gasteiger partial charge < -0.3 is 14.4 Å². The second kappa shape index (κ2) is 6.46. The Morgan fingerprint density at radius 1 is 1.40 bits per heavy atom. The summed E-state index contributed by atoms with van der Waals surface area (Å²) in [5.74, 6) is 0.583. The molecule has 1 aromatic rings. The van der Waals surface area contributed by atoms with E-state index in [0.717, 1.165) is 0 Å². The van der Waals surface area contributed by atoms with Crippen LogP contribution in [0.5, 0.6) is 5.75 Å². The van der Waals surface area contributed by atoms with Crippen LogP contribution in [0.1, 0.15) is 20.8 Å². The van der Waals surface area contributed by atoms with Crippen molar-refractivity contribution < 1.29 is 14.3 Å². The first-order valence-electron chi connectivity index (χ1n) is 6.82. The van der Waals surface area contributed by atoms with Crippen molar-refractivity contribution in [2.24, 2.45) is 0 Å². The third kappa shape index (κ3) is 3.87. The Kier molecular flexibility index (Phi) is 4.89. The minimum Gasteiger partial charge on any atom is -0.481 e. The molecule has 0 aliphatic carbocycles. The highest BCUT2D eigenvalue weighted by atomic mass is 35.5. The van der Waals surface area contributed by atoms with Crippen molar-refractivity contribution in [3.8, 4) is 5.75 Å². The lowest BCUT2D eigenvalue weighted by Crippen LogP contribution is -2.51. The van der Waals surface area contributed by atoms with Crippen LogP contribution in [0.4, 0.5) is 0 Å². The number of amides is 1. The van der Waals surface area contributed by atoms with E-state index in [1.807, 2.05) is 13.8 Å². The molecule has 0 N–H and O–H groups in total. The van der Waals surface area contributed by atoms with E-state index in [9.17, 15) is 4.79 Å². The summed E-state index contributed by atoms with van der Waals surface area (Å²) < 4.78 is 11.3. The fourth-order valence-corrected chi connectivity index (χ4v) is 2.59. The summed E-state index contributed by atoms with van der Waals surface area (Å²) in [5.41, 5.74) is 0. The zero-order valence-electron chi connectivity index (χ0n) is 12.0. The molecule has 0 spiro atoms. The second-order valence-corrected chi connectivity index (χ2v) is 5.65. The summed E-state index contributed by atoms with van der Waals surface area (Å²) in [6, 6.07) is 7.07. The molecule has 1 heterocycles. The third-order valence-corrected chi connectivity index (χ3v) is 3.42. The van der Waals surface area contributed by atoms with Crippen LogP contribution in [0.15, 0.2) is 24.3 Å². The number of carbonyl (C=O) groups is 1. The van der Waals surface area contributed by atoms with E-state index in [-0.39, 0.29) is 18.1 Å². The molecule has 3 unspecified atom stereocenters. The van der Waals surface area contributed by atoms with Gasteiger partial charge in [0.1, 0.15) is 5.75 Å². The summed E-state index contributed by atoms with van der Waals surface area (Å²) in [6.07, 6.45) is -0.423. The van der Waals surface area contributed by atoms with Gasteiger partial charge in [-0.15, -0.1) is 0 Å². The van der Waals surface area contributed by atoms with Crippen molar-refractivity contribution in [3.05, 3.63) is 29.3 Å². The Hall–Kier alpha value is -1.26. The van der Waals surface area contributed by atoms with Crippen LogP contribution in [0.2, 0.25) is 5.02 Å². The zero-order chi connectivity index (χ0) is 14.7. The van der Waals surface area contributed by atoms with Gasteiger partial charge in [0.2, 0.25) is 0 Å². The number of carbonyl (C=O) groups excluding carboxylic acids is 1. The number of hydrogen-bond donors (Lipinski definition) is 0. The fraction of sp³-hybridized carbons (Fsp3) is 0.533. The number of rotatable bonds is 3. The summed E-state index contributed by atoms with van der Waals surface area (Å²) in [6.45, 7) is 6.91. The number of ether oxygens (including phenoxy) is 2. The maximum Gasteiger partial charge on any atom is 0.263 e. The number of hydrogen-bond acceptors (Lipinski definition) is 3. The molecular formula is C15H20ClNO3. The van der Waals surface area contributed by atoms with Gasteiger partial charge in [-0.2, -0.15) is 0 Å². The van der Waals surface area contributed by atoms with E-state index < -0.39 is 6.10 Å². The van der Waals surface area contributed by atoms with Crippen molar-refractivity contribution >= 4 is 17.5 Å². The predicted octanol–water partition coefficient (Wildman–Crippen LogP) is 2.74.